The molecule has 0 saturated heterocycles. The Balaban J connectivity index is 1.78. The maximum Gasteiger partial charge on any atom is 0.287 e. The summed E-state index contributed by atoms with van der Waals surface area (Å²) in [5, 5.41) is 13.9. The van der Waals surface area contributed by atoms with Crippen LogP contribution in [-0.4, -0.2) is 16.7 Å². The molecule has 146 valence electrons. The number of carbonyl (C=O) groups is 2. The maximum atomic E-state index is 12.1. The predicted molar refractivity (Wildman–Crippen MR) is 106 cm³/mol. The molecule has 28 heavy (non-hydrogen) atoms. The Labute approximate surface area is 170 Å². The molecule has 0 aromatic heterocycles. The molecule has 2 rings (SSSR count). The van der Waals surface area contributed by atoms with Gasteiger partial charge in [0, 0.05) is 28.9 Å². The molecule has 2 aromatic carbocycles. The zero-order valence-electron chi connectivity index (χ0n) is 14.5. The summed E-state index contributed by atoms with van der Waals surface area (Å²) in [7, 11) is 0. The number of nitro groups is 1. The topological polar surface area (TPSA) is 113 Å². The van der Waals surface area contributed by atoms with Crippen molar-refractivity contribution < 1.29 is 14.5 Å². The number of halogens is 2. The van der Waals surface area contributed by atoms with Gasteiger partial charge in [-0.1, -0.05) is 41.9 Å². The number of nitrogens with one attached hydrogen (secondary N) is 3. The van der Waals surface area contributed by atoms with Crippen molar-refractivity contribution in [2.75, 3.05) is 0 Å². The van der Waals surface area contributed by atoms with E-state index in [0.29, 0.717) is 11.6 Å². The highest BCUT2D eigenvalue weighted by molar-refractivity contribution is 6.33. The van der Waals surface area contributed by atoms with Crippen molar-refractivity contribution in [1.82, 2.24) is 16.2 Å². The fourth-order valence-electron chi connectivity index (χ4n) is 2.12. The summed E-state index contributed by atoms with van der Waals surface area (Å²) >= 11 is 11.6. The Morgan fingerprint density at radius 1 is 1.07 bits per heavy atom. The molecule has 0 bridgehead atoms. The first-order valence-electron chi connectivity index (χ1n) is 7.95. The Bertz CT molecular complexity index is 916. The summed E-state index contributed by atoms with van der Waals surface area (Å²) in [6, 6.07) is 10.6. The van der Waals surface area contributed by atoms with E-state index in [1.54, 1.807) is 24.3 Å². The summed E-state index contributed by atoms with van der Waals surface area (Å²) in [5.41, 5.74) is 5.84. The lowest BCUT2D eigenvalue weighted by Gasteiger charge is -2.11. The third-order valence-electron chi connectivity index (χ3n) is 3.54. The number of hydrogen-bond acceptors (Lipinski definition) is 5. The molecule has 0 unspecified atom stereocenters. The number of rotatable bonds is 8. The number of carbonyl (C=O) groups excluding carboxylic acids is 2. The van der Waals surface area contributed by atoms with Crippen molar-refractivity contribution in [2.24, 2.45) is 0 Å². The molecule has 0 spiro atoms. The molecule has 2 amide bonds. The lowest BCUT2D eigenvalue weighted by Crippen LogP contribution is -2.38. The van der Waals surface area contributed by atoms with E-state index in [-0.39, 0.29) is 34.3 Å². The van der Waals surface area contributed by atoms with Crippen LogP contribution in [0.4, 0.5) is 5.69 Å². The minimum atomic E-state index is -0.646. The first-order chi connectivity index (χ1) is 13.3. The average molecular weight is 423 g/mol. The van der Waals surface area contributed by atoms with E-state index in [4.69, 9.17) is 23.2 Å². The van der Waals surface area contributed by atoms with Gasteiger partial charge in [-0.3, -0.25) is 25.1 Å². The minimum absolute atomic E-state index is 0.0606. The molecule has 0 aliphatic rings. The SMILES string of the molecule is C=C(CC(=O)NCc1ccc(Cl)cc1)NNC(=O)c1ccc([N+](=O)[O-])c(Cl)c1. The zero-order valence-corrected chi connectivity index (χ0v) is 16.0. The van der Waals surface area contributed by atoms with Gasteiger partial charge in [0.1, 0.15) is 5.02 Å². The Morgan fingerprint density at radius 2 is 1.75 bits per heavy atom. The molecule has 0 aliphatic carbocycles. The molecular weight excluding hydrogens is 407 g/mol. The molecule has 2 aromatic rings. The first-order valence-corrected chi connectivity index (χ1v) is 8.71. The van der Waals surface area contributed by atoms with E-state index >= 15 is 0 Å². The first kappa shape index (κ1) is 21.2. The average Bonchev–Trinajstić information content (AvgIpc) is 2.65. The van der Waals surface area contributed by atoms with Crippen LogP contribution in [0.15, 0.2) is 54.7 Å². The fraction of sp³-hybridized carbons (Fsp3) is 0.111. The molecule has 10 heteroatoms. The van der Waals surface area contributed by atoms with Crippen LogP contribution in [-0.2, 0) is 11.3 Å². The third-order valence-corrected chi connectivity index (χ3v) is 4.09. The van der Waals surface area contributed by atoms with Gasteiger partial charge in [-0.25, -0.2) is 0 Å². The van der Waals surface area contributed by atoms with Crippen LogP contribution in [0, 0.1) is 10.1 Å². The van der Waals surface area contributed by atoms with Crippen LogP contribution in [0.1, 0.15) is 22.3 Å². The normalized spacial score (nSPS) is 10.1. The van der Waals surface area contributed by atoms with E-state index in [1.807, 2.05) is 0 Å². The molecule has 0 saturated carbocycles. The van der Waals surface area contributed by atoms with Crippen LogP contribution in [0.25, 0.3) is 0 Å². The molecule has 8 nitrogen and oxygen atoms in total. The van der Waals surface area contributed by atoms with E-state index < -0.39 is 10.8 Å². The van der Waals surface area contributed by atoms with Gasteiger partial charge in [-0.15, -0.1) is 0 Å². The summed E-state index contributed by atoms with van der Waals surface area (Å²) in [6.45, 7) is 3.99. The van der Waals surface area contributed by atoms with Gasteiger partial charge in [0.25, 0.3) is 11.6 Å². The lowest BCUT2D eigenvalue weighted by atomic mass is 10.2. The molecular formula is C18H16Cl2N4O4. The summed E-state index contributed by atoms with van der Waals surface area (Å²) in [6.07, 6.45) is -0.0606. The number of nitro benzene ring substituents is 1. The summed E-state index contributed by atoms with van der Waals surface area (Å²) < 4.78 is 0. The molecule has 0 heterocycles. The largest absolute Gasteiger partial charge is 0.352 e. The van der Waals surface area contributed by atoms with Crippen molar-refractivity contribution in [2.45, 2.75) is 13.0 Å². The van der Waals surface area contributed by atoms with Crippen LogP contribution in [0.3, 0.4) is 0 Å². The van der Waals surface area contributed by atoms with Crippen molar-refractivity contribution in [3.63, 3.8) is 0 Å². The quantitative estimate of drug-likeness (QED) is 0.445. The van der Waals surface area contributed by atoms with Crippen LogP contribution in [0.2, 0.25) is 10.0 Å². The molecule has 0 radical (unpaired) electrons. The van der Waals surface area contributed by atoms with E-state index in [0.717, 1.165) is 11.6 Å². The highest BCUT2D eigenvalue weighted by Gasteiger charge is 2.15. The molecule has 3 N–H and O–H groups in total. The molecule has 0 atom stereocenters. The van der Waals surface area contributed by atoms with Crippen molar-refractivity contribution in [1.29, 1.82) is 0 Å². The van der Waals surface area contributed by atoms with Gasteiger partial charge < -0.3 is 10.7 Å². The maximum absolute atomic E-state index is 12.1. The smallest absolute Gasteiger partial charge is 0.287 e. The lowest BCUT2D eigenvalue weighted by molar-refractivity contribution is -0.384. The molecule has 0 fully saturated rings. The van der Waals surface area contributed by atoms with Gasteiger partial charge in [0.05, 0.1) is 11.3 Å². The van der Waals surface area contributed by atoms with Crippen molar-refractivity contribution in [3.05, 3.63) is 86.0 Å². The second-order valence-corrected chi connectivity index (χ2v) is 6.53. The Kier molecular flexibility index (Phi) is 7.36. The monoisotopic (exact) mass is 422 g/mol. The number of hydrazine groups is 1. The summed E-state index contributed by atoms with van der Waals surface area (Å²) in [5.74, 6) is -0.875. The second-order valence-electron chi connectivity index (χ2n) is 5.69. The number of hydrogen-bond donors (Lipinski definition) is 3. The van der Waals surface area contributed by atoms with Gasteiger partial charge in [-0.05, 0) is 29.8 Å². The molecule has 0 aliphatic heterocycles. The van der Waals surface area contributed by atoms with Crippen LogP contribution < -0.4 is 16.2 Å². The highest BCUT2D eigenvalue weighted by Crippen LogP contribution is 2.24. The standard InChI is InChI=1S/C18H16Cl2N4O4/c1-11(8-17(25)21-10-12-2-5-14(19)6-3-12)22-23-18(26)13-4-7-16(24(27)28)15(20)9-13/h2-7,9,22H,1,8,10H2,(H,21,25)(H,23,26). The van der Waals surface area contributed by atoms with Gasteiger partial charge >= 0.3 is 0 Å². The number of benzene rings is 2. The van der Waals surface area contributed by atoms with Gasteiger partial charge in [0.2, 0.25) is 5.91 Å². The Hall–Kier alpha value is -3.10. The third kappa shape index (κ3) is 6.26. The zero-order chi connectivity index (χ0) is 20.7. The number of amides is 2. The van der Waals surface area contributed by atoms with E-state index in [1.165, 1.54) is 12.1 Å². The van der Waals surface area contributed by atoms with E-state index in [9.17, 15) is 19.7 Å². The van der Waals surface area contributed by atoms with Crippen molar-refractivity contribution in [3.8, 4) is 0 Å². The van der Waals surface area contributed by atoms with Gasteiger partial charge in [0.15, 0.2) is 0 Å². The van der Waals surface area contributed by atoms with E-state index in [2.05, 4.69) is 22.7 Å². The highest BCUT2D eigenvalue weighted by atomic mass is 35.5. The van der Waals surface area contributed by atoms with Gasteiger partial charge in [-0.2, -0.15) is 0 Å². The Morgan fingerprint density at radius 3 is 2.36 bits per heavy atom. The number of nitrogens with zero attached hydrogens (tertiary/aromatic N) is 1. The fourth-order valence-corrected chi connectivity index (χ4v) is 2.49. The van der Waals surface area contributed by atoms with Crippen molar-refractivity contribution >= 4 is 40.7 Å². The predicted octanol–water partition coefficient (Wildman–Crippen LogP) is 3.36. The van der Waals surface area contributed by atoms with Crippen LogP contribution in [0.5, 0.6) is 0 Å². The second kappa shape index (κ2) is 9.72. The van der Waals surface area contributed by atoms with Crippen LogP contribution >= 0.6 is 23.2 Å². The minimum Gasteiger partial charge on any atom is -0.352 e. The summed E-state index contributed by atoms with van der Waals surface area (Å²) in [4.78, 5) is 34.1.